The van der Waals surface area contributed by atoms with Gasteiger partial charge in [-0.3, -0.25) is 0 Å². The molecule has 0 fully saturated rings. The van der Waals surface area contributed by atoms with Crippen molar-refractivity contribution in [1.82, 2.24) is 0 Å². The number of ether oxygens (including phenoxy) is 2. The second-order valence-corrected chi connectivity index (χ2v) is 6.21. The fraction of sp³-hybridized carbons (Fsp3) is 1.00. The Morgan fingerprint density at radius 2 is 1.07 bits per heavy atom. The molecule has 4 unspecified atom stereocenters. The zero-order chi connectivity index (χ0) is 22.3. The molecule has 0 aromatic heterocycles. The van der Waals surface area contributed by atoms with Gasteiger partial charge in [-0.2, -0.15) is 39.5 Å². The van der Waals surface area contributed by atoms with Gasteiger partial charge >= 0.3 is 30.0 Å². The van der Waals surface area contributed by atoms with Crippen LogP contribution in [0.4, 0.5) is 48.3 Å². The molecule has 27 heavy (non-hydrogen) atoms. The first-order valence-corrected chi connectivity index (χ1v) is 7.47. The maximum atomic E-state index is 14.5. The van der Waals surface area contributed by atoms with Gasteiger partial charge in [0, 0.05) is 7.11 Å². The van der Waals surface area contributed by atoms with Gasteiger partial charge in [-0.05, 0) is 26.7 Å². The van der Waals surface area contributed by atoms with E-state index in [0.29, 0.717) is 13.8 Å². The highest BCUT2D eigenvalue weighted by atomic mass is 19.4. The van der Waals surface area contributed by atoms with Crippen LogP contribution in [0.25, 0.3) is 0 Å². The molecule has 164 valence electrons. The summed E-state index contributed by atoms with van der Waals surface area (Å²) in [7, 11) is 0.0979. The van der Waals surface area contributed by atoms with E-state index in [1.807, 2.05) is 0 Å². The maximum Gasteiger partial charge on any atom is 0.451 e. The lowest BCUT2D eigenvalue weighted by Crippen LogP contribution is -2.71. The molecule has 0 radical (unpaired) electrons. The summed E-state index contributed by atoms with van der Waals surface area (Å²) < 4.78 is 157. The van der Waals surface area contributed by atoms with Crippen LogP contribution in [-0.2, 0) is 9.47 Å². The van der Waals surface area contributed by atoms with E-state index in [4.69, 9.17) is 0 Å². The smallest absolute Gasteiger partial charge is 0.340 e. The van der Waals surface area contributed by atoms with Gasteiger partial charge in [0.05, 0.1) is 0 Å². The van der Waals surface area contributed by atoms with Crippen LogP contribution >= 0.6 is 0 Å². The van der Waals surface area contributed by atoms with Crippen LogP contribution in [0.1, 0.15) is 40.5 Å². The molecule has 4 atom stereocenters. The molecule has 0 aliphatic heterocycles. The molecule has 0 saturated carbocycles. The molecular formula is C14H19F11O2. The lowest BCUT2D eigenvalue weighted by Gasteiger charge is -2.47. The summed E-state index contributed by atoms with van der Waals surface area (Å²) in [5, 5.41) is 0. The molecule has 0 amide bonds. The van der Waals surface area contributed by atoms with Crippen molar-refractivity contribution in [1.29, 1.82) is 0 Å². The van der Waals surface area contributed by atoms with Crippen LogP contribution in [0.3, 0.4) is 0 Å². The first kappa shape index (κ1) is 26.1. The Balaban J connectivity index is 6.58. The van der Waals surface area contributed by atoms with Gasteiger partial charge in [0.2, 0.25) is 0 Å². The van der Waals surface area contributed by atoms with E-state index >= 15 is 0 Å². The summed E-state index contributed by atoms with van der Waals surface area (Å²) in [5.74, 6) is -5.05. The van der Waals surface area contributed by atoms with Crippen molar-refractivity contribution in [2.75, 3.05) is 7.11 Å². The molecule has 0 bridgehead atoms. The summed E-state index contributed by atoms with van der Waals surface area (Å²) in [6.45, 7) is 1.09. The molecule has 0 aliphatic carbocycles. The monoisotopic (exact) mass is 428 g/mol. The fourth-order valence-electron chi connectivity index (χ4n) is 2.36. The van der Waals surface area contributed by atoms with Crippen LogP contribution in [0.2, 0.25) is 0 Å². The summed E-state index contributed by atoms with van der Waals surface area (Å²) in [6.07, 6.45) is -21.7. The number of hydrogen-bond acceptors (Lipinski definition) is 2. The second-order valence-electron chi connectivity index (χ2n) is 6.21. The van der Waals surface area contributed by atoms with Crippen molar-refractivity contribution < 1.29 is 57.8 Å². The predicted molar refractivity (Wildman–Crippen MR) is 71.3 cm³/mol. The second kappa shape index (κ2) is 7.20. The Hall–Kier alpha value is -0.850. The van der Waals surface area contributed by atoms with E-state index in [2.05, 4.69) is 9.47 Å². The van der Waals surface area contributed by atoms with Crippen LogP contribution in [0.15, 0.2) is 0 Å². The van der Waals surface area contributed by atoms with Gasteiger partial charge < -0.3 is 9.47 Å². The zero-order valence-corrected chi connectivity index (χ0v) is 14.9. The van der Waals surface area contributed by atoms with Gasteiger partial charge in [0.1, 0.15) is 5.60 Å². The fourth-order valence-corrected chi connectivity index (χ4v) is 2.36. The number of hydrogen-bond donors (Lipinski definition) is 0. The third-order valence-electron chi connectivity index (χ3n) is 4.53. The quantitative estimate of drug-likeness (QED) is 0.439. The summed E-state index contributed by atoms with van der Waals surface area (Å²) >= 11 is 0. The Kier molecular flexibility index (Phi) is 6.97. The van der Waals surface area contributed by atoms with Crippen molar-refractivity contribution in [2.24, 2.45) is 0 Å². The number of halogens is 11. The molecule has 0 heterocycles. The largest absolute Gasteiger partial charge is 0.451 e. The van der Waals surface area contributed by atoms with E-state index in [0.717, 1.165) is 0 Å². The number of methoxy groups -OCH3 is 1. The first-order chi connectivity index (χ1) is 11.6. The molecule has 0 saturated heterocycles. The van der Waals surface area contributed by atoms with Gasteiger partial charge in [0.25, 0.3) is 0 Å². The topological polar surface area (TPSA) is 18.5 Å². The van der Waals surface area contributed by atoms with E-state index in [-0.39, 0.29) is 21.0 Å². The first-order valence-electron chi connectivity index (χ1n) is 7.47. The van der Waals surface area contributed by atoms with Crippen LogP contribution < -0.4 is 0 Å². The molecule has 0 aliphatic rings. The minimum absolute atomic E-state index is 0.0101. The highest BCUT2D eigenvalue weighted by Gasteiger charge is 2.83. The van der Waals surface area contributed by atoms with Gasteiger partial charge in [-0.25, -0.2) is 8.78 Å². The highest BCUT2D eigenvalue weighted by Crippen LogP contribution is 2.58. The lowest BCUT2D eigenvalue weighted by atomic mass is 9.82. The molecule has 2 nitrogen and oxygen atoms in total. The average molecular weight is 428 g/mol. The predicted octanol–water partition coefficient (Wildman–Crippen LogP) is 6.05. The molecule has 0 spiro atoms. The number of alkyl halides is 11. The summed E-state index contributed by atoms with van der Waals surface area (Å²) in [4.78, 5) is 0. The molecule has 0 rings (SSSR count). The molecular weight excluding hydrogens is 409 g/mol. The Labute approximate surface area is 148 Å². The van der Waals surface area contributed by atoms with Crippen molar-refractivity contribution in [2.45, 2.75) is 81.8 Å². The normalized spacial score (nSPS) is 23.1. The molecule has 0 N–H and O–H groups in total. The standard InChI is InChI=1S/C14H19F11O2/c1-6-8(3,15)10(16,12(18,19)20)14(24,25)27-9(4,7-2)11(17,26-5)13(21,22)23/h6-7H2,1-5H3. The van der Waals surface area contributed by atoms with Crippen LogP contribution in [-0.4, -0.2) is 48.4 Å². The molecule has 13 heteroatoms. The average Bonchev–Trinajstić information content (AvgIpc) is 2.49. The Bertz CT molecular complexity index is 516. The lowest BCUT2D eigenvalue weighted by molar-refractivity contribution is -0.468. The Morgan fingerprint density at radius 1 is 0.667 bits per heavy atom. The van der Waals surface area contributed by atoms with Crippen LogP contribution in [0, 0.1) is 0 Å². The van der Waals surface area contributed by atoms with E-state index in [1.54, 1.807) is 0 Å². The van der Waals surface area contributed by atoms with Gasteiger partial charge in [-0.15, -0.1) is 0 Å². The van der Waals surface area contributed by atoms with E-state index < -0.39 is 54.1 Å². The molecule has 0 aromatic rings. The van der Waals surface area contributed by atoms with Gasteiger partial charge in [0.15, 0.2) is 5.67 Å². The van der Waals surface area contributed by atoms with Crippen molar-refractivity contribution >= 4 is 0 Å². The maximum absolute atomic E-state index is 14.5. The summed E-state index contributed by atoms with van der Waals surface area (Å²) in [5.41, 5.74) is -14.3. The third kappa shape index (κ3) is 3.85. The van der Waals surface area contributed by atoms with Crippen molar-refractivity contribution in [3.05, 3.63) is 0 Å². The van der Waals surface area contributed by atoms with E-state index in [9.17, 15) is 48.3 Å². The van der Waals surface area contributed by atoms with Crippen LogP contribution in [0.5, 0.6) is 0 Å². The van der Waals surface area contributed by atoms with Crippen molar-refractivity contribution in [3.8, 4) is 0 Å². The van der Waals surface area contributed by atoms with E-state index in [1.165, 1.54) is 0 Å². The zero-order valence-electron chi connectivity index (χ0n) is 14.9. The minimum atomic E-state index is -6.62. The molecule has 0 aromatic carbocycles. The third-order valence-corrected chi connectivity index (χ3v) is 4.53. The van der Waals surface area contributed by atoms with Gasteiger partial charge in [-0.1, -0.05) is 13.8 Å². The van der Waals surface area contributed by atoms with Crippen molar-refractivity contribution in [3.63, 3.8) is 0 Å². The summed E-state index contributed by atoms with van der Waals surface area (Å²) in [6, 6.07) is 0. The number of rotatable bonds is 8. The minimum Gasteiger partial charge on any atom is -0.340 e. The Morgan fingerprint density at radius 3 is 1.30 bits per heavy atom. The highest BCUT2D eigenvalue weighted by molar-refractivity contribution is 5.10. The SMILES string of the molecule is CCC(C)(F)C(F)(C(F)(F)F)C(F)(F)OC(C)(CC)C(F)(OC)C(F)(F)F.